The predicted molar refractivity (Wildman–Crippen MR) is 103 cm³/mol. The highest BCUT2D eigenvalue weighted by Gasteiger charge is 2.34. The number of amides is 1. The van der Waals surface area contributed by atoms with Crippen LogP contribution in [0.1, 0.15) is 17.7 Å². The molecule has 148 valence electrons. The number of carbonyl (C=O) groups excluding carboxylic acids is 2. The van der Waals surface area contributed by atoms with Crippen LogP contribution >= 0.6 is 0 Å². The summed E-state index contributed by atoms with van der Waals surface area (Å²) in [7, 11) is -3.15. The molecule has 0 radical (unpaired) electrons. The molecule has 28 heavy (non-hydrogen) atoms. The van der Waals surface area contributed by atoms with Crippen molar-refractivity contribution in [3.8, 4) is 0 Å². The molecule has 0 spiro atoms. The summed E-state index contributed by atoms with van der Waals surface area (Å²) in [6.07, 6.45) is 4.48. The number of rotatable bonds is 7. The van der Waals surface area contributed by atoms with Gasteiger partial charge in [-0.25, -0.2) is 13.2 Å². The summed E-state index contributed by atoms with van der Waals surface area (Å²) in [4.78, 5) is 26.0. The Kier molecular flexibility index (Phi) is 6.30. The molecule has 1 aliphatic heterocycles. The molecule has 1 aromatic heterocycles. The monoisotopic (exact) mass is 403 g/mol. The SMILES string of the molecule is O=C(/C=C/c1ccco1)OCC(=O)N(Cc1ccccc1)[C@H]1CCS(=O)(=O)C1. The van der Waals surface area contributed by atoms with Gasteiger partial charge in [-0.15, -0.1) is 0 Å². The van der Waals surface area contributed by atoms with E-state index in [9.17, 15) is 18.0 Å². The zero-order chi connectivity index (χ0) is 20.0. The van der Waals surface area contributed by atoms with Gasteiger partial charge in [-0.2, -0.15) is 0 Å². The fourth-order valence-electron chi connectivity index (χ4n) is 3.02. The van der Waals surface area contributed by atoms with Crippen LogP contribution in [0.25, 0.3) is 6.08 Å². The van der Waals surface area contributed by atoms with E-state index >= 15 is 0 Å². The largest absolute Gasteiger partial charge is 0.465 e. The first-order valence-corrected chi connectivity index (χ1v) is 10.7. The lowest BCUT2D eigenvalue weighted by Crippen LogP contribution is -2.42. The second-order valence-corrected chi connectivity index (χ2v) is 8.75. The Morgan fingerprint density at radius 3 is 2.61 bits per heavy atom. The highest BCUT2D eigenvalue weighted by molar-refractivity contribution is 7.91. The lowest BCUT2D eigenvalue weighted by atomic mass is 10.1. The minimum absolute atomic E-state index is 0.0574. The molecule has 1 fully saturated rings. The van der Waals surface area contributed by atoms with Crippen LogP contribution < -0.4 is 0 Å². The molecule has 1 atom stereocenters. The fraction of sp³-hybridized carbons (Fsp3) is 0.300. The molecule has 1 saturated heterocycles. The van der Waals surface area contributed by atoms with Crippen LogP contribution in [0, 0.1) is 0 Å². The molecular weight excluding hydrogens is 382 g/mol. The zero-order valence-corrected chi connectivity index (χ0v) is 16.0. The van der Waals surface area contributed by atoms with Gasteiger partial charge in [-0.1, -0.05) is 30.3 Å². The maximum Gasteiger partial charge on any atom is 0.331 e. The van der Waals surface area contributed by atoms with Crippen molar-refractivity contribution in [1.29, 1.82) is 0 Å². The van der Waals surface area contributed by atoms with E-state index in [0.717, 1.165) is 5.56 Å². The number of ether oxygens (including phenoxy) is 1. The second-order valence-electron chi connectivity index (χ2n) is 6.52. The second kappa shape index (κ2) is 8.88. The molecule has 8 heteroatoms. The topological polar surface area (TPSA) is 93.9 Å². The average Bonchev–Trinajstić information content (AvgIpc) is 3.32. The van der Waals surface area contributed by atoms with E-state index in [4.69, 9.17) is 9.15 Å². The highest BCUT2D eigenvalue weighted by atomic mass is 32.2. The molecule has 2 aromatic rings. The summed E-state index contributed by atoms with van der Waals surface area (Å²) in [5, 5.41) is 0. The van der Waals surface area contributed by atoms with Crippen molar-refractivity contribution in [1.82, 2.24) is 4.90 Å². The third-order valence-electron chi connectivity index (χ3n) is 4.43. The van der Waals surface area contributed by atoms with E-state index in [2.05, 4.69) is 0 Å². The molecule has 0 N–H and O–H groups in total. The van der Waals surface area contributed by atoms with Crippen LogP contribution in [0.4, 0.5) is 0 Å². The van der Waals surface area contributed by atoms with Crippen molar-refractivity contribution in [3.63, 3.8) is 0 Å². The first-order chi connectivity index (χ1) is 13.4. The number of benzene rings is 1. The molecule has 2 heterocycles. The Labute approximate surface area is 163 Å². The van der Waals surface area contributed by atoms with E-state index in [1.807, 2.05) is 30.3 Å². The highest BCUT2D eigenvalue weighted by Crippen LogP contribution is 2.20. The smallest absolute Gasteiger partial charge is 0.331 e. The predicted octanol–water partition coefficient (Wildman–Crippen LogP) is 2.05. The standard InChI is InChI=1S/C20H21NO6S/c22-19(14-27-20(23)9-8-18-7-4-11-26-18)21(13-16-5-2-1-3-6-16)17-10-12-28(24,25)15-17/h1-9,11,17H,10,12-15H2/b9-8+/t17-/m0/s1. The molecule has 3 rings (SSSR count). The maximum atomic E-state index is 12.7. The lowest BCUT2D eigenvalue weighted by Gasteiger charge is -2.28. The van der Waals surface area contributed by atoms with E-state index in [-0.39, 0.29) is 18.1 Å². The number of hydrogen-bond acceptors (Lipinski definition) is 6. The van der Waals surface area contributed by atoms with Gasteiger partial charge in [0.1, 0.15) is 5.76 Å². The zero-order valence-electron chi connectivity index (χ0n) is 15.2. The summed E-state index contributed by atoms with van der Waals surface area (Å²) in [5.41, 5.74) is 0.879. The van der Waals surface area contributed by atoms with Crippen molar-refractivity contribution in [2.75, 3.05) is 18.1 Å². The van der Waals surface area contributed by atoms with Gasteiger partial charge in [0.15, 0.2) is 16.4 Å². The van der Waals surface area contributed by atoms with E-state index in [1.165, 1.54) is 23.3 Å². The van der Waals surface area contributed by atoms with Gasteiger partial charge in [-0.05, 0) is 30.2 Å². The Morgan fingerprint density at radius 1 is 1.18 bits per heavy atom. The molecule has 0 saturated carbocycles. The van der Waals surface area contributed by atoms with Crippen LogP contribution in [0.3, 0.4) is 0 Å². The number of esters is 1. The molecule has 1 aliphatic rings. The molecular formula is C20H21NO6S. The van der Waals surface area contributed by atoms with Gasteiger partial charge in [-0.3, -0.25) is 4.79 Å². The van der Waals surface area contributed by atoms with Crippen LogP contribution in [0.5, 0.6) is 0 Å². The molecule has 0 unspecified atom stereocenters. The first-order valence-electron chi connectivity index (χ1n) is 8.85. The lowest BCUT2D eigenvalue weighted by molar-refractivity contribution is -0.149. The average molecular weight is 403 g/mol. The summed E-state index contributed by atoms with van der Waals surface area (Å²) in [5.74, 6) is -0.626. The summed E-state index contributed by atoms with van der Waals surface area (Å²) >= 11 is 0. The Hall–Kier alpha value is -2.87. The molecule has 7 nitrogen and oxygen atoms in total. The van der Waals surface area contributed by atoms with Gasteiger partial charge < -0.3 is 14.1 Å². The number of carbonyl (C=O) groups is 2. The maximum absolute atomic E-state index is 12.7. The Bertz CT molecular complexity index is 934. The Balaban J connectivity index is 1.63. The summed E-state index contributed by atoms with van der Waals surface area (Å²) < 4.78 is 33.8. The number of furan rings is 1. The van der Waals surface area contributed by atoms with E-state index in [0.29, 0.717) is 12.2 Å². The fourth-order valence-corrected chi connectivity index (χ4v) is 4.75. The van der Waals surface area contributed by atoms with Crippen molar-refractivity contribution in [2.45, 2.75) is 19.0 Å². The first kappa shape index (κ1) is 19.9. The molecule has 0 bridgehead atoms. The quantitative estimate of drug-likeness (QED) is 0.519. The van der Waals surface area contributed by atoms with Gasteiger partial charge in [0, 0.05) is 18.7 Å². The Morgan fingerprint density at radius 2 is 1.96 bits per heavy atom. The van der Waals surface area contributed by atoms with E-state index in [1.54, 1.807) is 12.1 Å². The third kappa shape index (κ3) is 5.56. The summed E-state index contributed by atoms with van der Waals surface area (Å²) in [6.45, 7) is -0.190. The van der Waals surface area contributed by atoms with Crippen LogP contribution in [-0.2, 0) is 30.7 Å². The van der Waals surface area contributed by atoms with Crippen molar-refractivity contribution >= 4 is 27.8 Å². The van der Waals surface area contributed by atoms with Gasteiger partial charge >= 0.3 is 5.97 Å². The van der Waals surface area contributed by atoms with Crippen molar-refractivity contribution in [2.24, 2.45) is 0 Å². The van der Waals surface area contributed by atoms with Crippen LogP contribution in [0.15, 0.2) is 59.2 Å². The van der Waals surface area contributed by atoms with Crippen LogP contribution in [-0.4, -0.2) is 49.3 Å². The number of nitrogens with zero attached hydrogens (tertiary/aromatic N) is 1. The van der Waals surface area contributed by atoms with Gasteiger partial charge in [0.05, 0.1) is 17.8 Å². The van der Waals surface area contributed by atoms with Gasteiger partial charge in [0.2, 0.25) is 0 Å². The molecule has 1 amide bonds. The number of hydrogen-bond donors (Lipinski definition) is 0. The molecule has 1 aromatic carbocycles. The normalized spacial score (nSPS) is 18.2. The molecule has 0 aliphatic carbocycles. The van der Waals surface area contributed by atoms with Crippen molar-refractivity contribution < 1.29 is 27.2 Å². The minimum atomic E-state index is -3.15. The van der Waals surface area contributed by atoms with Crippen LogP contribution in [0.2, 0.25) is 0 Å². The van der Waals surface area contributed by atoms with Gasteiger partial charge in [0.25, 0.3) is 5.91 Å². The van der Waals surface area contributed by atoms with Crippen molar-refractivity contribution in [3.05, 3.63) is 66.1 Å². The van der Waals surface area contributed by atoms with E-state index < -0.39 is 34.4 Å². The third-order valence-corrected chi connectivity index (χ3v) is 6.18. The summed E-state index contributed by atoms with van der Waals surface area (Å²) in [6, 6.07) is 12.2. The number of sulfone groups is 1. The minimum Gasteiger partial charge on any atom is -0.465 e.